The summed E-state index contributed by atoms with van der Waals surface area (Å²) in [4.78, 5) is 38.0. The molecule has 3 amide bonds. The molecule has 0 spiro atoms. The smallest absolute Gasteiger partial charge is 0.261 e. The average molecular weight is 401 g/mol. The zero-order valence-corrected chi connectivity index (χ0v) is 15.3. The van der Waals surface area contributed by atoms with E-state index < -0.39 is 0 Å². The van der Waals surface area contributed by atoms with Crippen LogP contribution in [0.15, 0.2) is 46.9 Å². The molecule has 1 aliphatic heterocycles. The Morgan fingerprint density at radius 2 is 1.80 bits per heavy atom. The summed E-state index contributed by atoms with van der Waals surface area (Å²) in [6.07, 6.45) is 0.647. The van der Waals surface area contributed by atoms with E-state index in [1.807, 2.05) is 31.2 Å². The second-order valence-corrected chi connectivity index (χ2v) is 6.80. The maximum Gasteiger partial charge on any atom is 0.261 e. The molecule has 1 N–H and O–H groups in total. The van der Waals surface area contributed by atoms with Gasteiger partial charge in [-0.25, -0.2) is 0 Å². The van der Waals surface area contributed by atoms with Crippen molar-refractivity contribution in [2.75, 3.05) is 11.9 Å². The quantitative estimate of drug-likeness (QED) is 0.776. The molecule has 128 valence electrons. The van der Waals surface area contributed by atoms with E-state index in [-0.39, 0.29) is 30.7 Å². The monoisotopic (exact) mass is 400 g/mol. The molecule has 0 atom stereocenters. The number of aryl methyl sites for hydroxylation is 1. The summed E-state index contributed by atoms with van der Waals surface area (Å²) in [5, 5.41) is 2.81. The number of halogens is 1. The van der Waals surface area contributed by atoms with Crippen molar-refractivity contribution in [3.05, 3.63) is 63.6 Å². The molecule has 0 aliphatic carbocycles. The molecule has 1 heterocycles. The summed E-state index contributed by atoms with van der Waals surface area (Å²) in [6, 6.07) is 12.6. The van der Waals surface area contributed by atoms with Crippen LogP contribution >= 0.6 is 15.9 Å². The zero-order valence-electron chi connectivity index (χ0n) is 13.7. The second kappa shape index (κ2) is 7.19. The van der Waals surface area contributed by atoms with E-state index in [9.17, 15) is 14.4 Å². The molecule has 3 rings (SSSR count). The van der Waals surface area contributed by atoms with Crippen LogP contribution in [-0.2, 0) is 4.79 Å². The van der Waals surface area contributed by atoms with Crippen molar-refractivity contribution in [2.24, 2.45) is 0 Å². The molecule has 2 aromatic rings. The average Bonchev–Trinajstić information content (AvgIpc) is 2.81. The lowest BCUT2D eigenvalue weighted by Crippen LogP contribution is -2.31. The molecule has 0 radical (unpaired) electrons. The van der Waals surface area contributed by atoms with Crippen molar-refractivity contribution in [3.8, 4) is 0 Å². The van der Waals surface area contributed by atoms with E-state index in [0.717, 1.165) is 10.0 Å². The first-order chi connectivity index (χ1) is 12.0. The number of hydrogen-bond donors (Lipinski definition) is 1. The molecular formula is C19H17BrN2O3. The molecule has 0 aromatic heterocycles. The molecule has 0 fully saturated rings. The Balaban J connectivity index is 1.56. The number of nitrogens with zero attached hydrogens (tertiary/aromatic N) is 1. The number of benzene rings is 2. The van der Waals surface area contributed by atoms with Crippen molar-refractivity contribution in [2.45, 2.75) is 19.8 Å². The lowest BCUT2D eigenvalue weighted by Gasteiger charge is -2.13. The van der Waals surface area contributed by atoms with Gasteiger partial charge in [-0.3, -0.25) is 19.3 Å². The lowest BCUT2D eigenvalue weighted by atomic mass is 10.1. The van der Waals surface area contributed by atoms with Gasteiger partial charge in [0.1, 0.15) is 0 Å². The van der Waals surface area contributed by atoms with Gasteiger partial charge in [-0.15, -0.1) is 0 Å². The minimum absolute atomic E-state index is 0.153. The topological polar surface area (TPSA) is 66.5 Å². The maximum absolute atomic E-state index is 12.4. The Kier molecular flexibility index (Phi) is 4.99. The van der Waals surface area contributed by atoms with Crippen molar-refractivity contribution in [3.63, 3.8) is 0 Å². The predicted molar refractivity (Wildman–Crippen MR) is 98.6 cm³/mol. The number of amides is 3. The fourth-order valence-corrected chi connectivity index (χ4v) is 3.16. The largest absolute Gasteiger partial charge is 0.325 e. The first kappa shape index (κ1) is 17.4. The molecule has 0 saturated carbocycles. The number of carbonyl (C=O) groups is 3. The third-order valence-electron chi connectivity index (χ3n) is 4.06. The molecule has 0 bridgehead atoms. The van der Waals surface area contributed by atoms with Crippen LogP contribution in [0.5, 0.6) is 0 Å². The van der Waals surface area contributed by atoms with Gasteiger partial charge in [0, 0.05) is 17.4 Å². The highest BCUT2D eigenvalue weighted by Gasteiger charge is 2.34. The second-order valence-electron chi connectivity index (χ2n) is 5.94. The number of imide groups is 1. The Labute approximate surface area is 154 Å². The summed E-state index contributed by atoms with van der Waals surface area (Å²) in [5.41, 5.74) is 2.52. The summed E-state index contributed by atoms with van der Waals surface area (Å²) in [7, 11) is 0. The van der Waals surface area contributed by atoms with Gasteiger partial charge in [0.05, 0.1) is 16.8 Å². The van der Waals surface area contributed by atoms with Gasteiger partial charge >= 0.3 is 0 Å². The predicted octanol–water partition coefficient (Wildman–Crippen LogP) is 3.77. The first-order valence-corrected chi connectivity index (χ1v) is 8.78. The van der Waals surface area contributed by atoms with Crippen LogP contribution in [0, 0.1) is 6.92 Å². The minimum atomic E-state index is -0.286. The van der Waals surface area contributed by atoms with E-state index in [4.69, 9.17) is 0 Å². The van der Waals surface area contributed by atoms with Crippen LogP contribution in [0.1, 0.15) is 39.1 Å². The van der Waals surface area contributed by atoms with Crippen LogP contribution in [0.25, 0.3) is 0 Å². The van der Waals surface area contributed by atoms with Gasteiger partial charge in [0.25, 0.3) is 11.8 Å². The van der Waals surface area contributed by atoms with Gasteiger partial charge in [0.2, 0.25) is 5.91 Å². The Morgan fingerprint density at radius 1 is 1.08 bits per heavy atom. The highest BCUT2D eigenvalue weighted by Crippen LogP contribution is 2.24. The highest BCUT2D eigenvalue weighted by molar-refractivity contribution is 9.10. The summed E-state index contributed by atoms with van der Waals surface area (Å²) < 4.78 is 0.805. The van der Waals surface area contributed by atoms with Gasteiger partial charge in [-0.1, -0.05) is 23.8 Å². The van der Waals surface area contributed by atoms with Crippen molar-refractivity contribution >= 4 is 39.3 Å². The van der Waals surface area contributed by atoms with Crippen molar-refractivity contribution in [1.29, 1.82) is 0 Å². The molecule has 1 aliphatic rings. The van der Waals surface area contributed by atoms with Crippen LogP contribution < -0.4 is 5.32 Å². The summed E-state index contributed by atoms with van der Waals surface area (Å²) in [6.45, 7) is 2.11. The van der Waals surface area contributed by atoms with Crippen molar-refractivity contribution < 1.29 is 14.4 Å². The summed E-state index contributed by atoms with van der Waals surface area (Å²) in [5.74, 6) is -0.722. The SMILES string of the molecule is Cc1ccc2c(c1)C(=O)N(CCCC(=O)Nc1ccccc1Br)C2=O. The number of anilines is 1. The standard InChI is InChI=1S/C19H17BrN2O3/c1-12-8-9-13-14(11-12)19(25)22(18(13)24)10-4-7-17(23)21-16-6-3-2-5-15(16)20/h2-3,5-6,8-9,11H,4,7,10H2,1H3,(H,21,23). The Morgan fingerprint density at radius 3 is 2.56 bits per heavy atom. The first-order valence-electron chi connectivity index (χ1n) is 7.98. The van der Waals surface area contributed by atoms with E-state index in [0.29, 0.717) is 23.2 Å². The Hall–Kier alpha value is -2.47. The van der Waals surface area contributed by atoms with Gasteiger partial charge in [0.15, 0.2) is 0 Å². The highest BCUT2D eigenvalue weighted by atomic mass is 79.9. The number of para-hydroxylation sites is 1. The third kappa shape index (κ3) is 3.64. The fraction of sp³-hybridized carbons (Fsp3) is 0.211. The van der Waals surface area contributed by atoms with Gasteiger partial charge in [-0.05, 0) is 53.5 Å². The van der Waals surface area contributed by atoms with Crippen LogP contribution in [0.2, 0.25) is 0 Å². The van der Waals surface area contributed by atoms with Gasteiger partial charge in [-0.2, -0.15) is 0 Å². The van der Waals surface area contributed by atoms with E-state index in [1.54, 1.807) is 18.2 Å². The lowest BCUT2D eigenvalue weighted by molar-refractivity contribution is -0.116. The zero-order chi connectivity index (χ0) is 18.0. The van der Waals surface area contributed by atoms with Gasteiger partial charge < -0.3 is 5.32 Å². The van der Waals surface area contributed by atoms with E-state index in [2.05, 4.69) is 21.2 Å². The fourth-order valence-electron chi connectivity index (χ4n) is 2.78. The molecule has 0 saturated heterocycles. The normalized spacial score (nSPS) is 13.1. The van der Waals surface area contributed by atoms with E-state index in [1.165, 1.54) is 4.90 Å². The van der Waals surface area contributed by atoms with Crippen molar-refractivity contribution in [1.82, 2.24) is 4.90 Å². The molecule has 25 heavy (non-hydrogen) atoms. The summed E-state index contributed by atoms with van der Waals surface area (Å²) >= 11 is 3.37. The maximum atomic E-state index is 12.4. The number of hydrogen-bond acceptors (Lipinski definition) is 3. The van der Waals surface area contributed by atoms with Crippen LogP contribution in [0.4, 0.5) is 5.69 Å². The molecule has 5 nitrogen and oxygen atoms in total. The number of rotatable bonds is 5. The molecule has 6 heteroatoms. The molecule has 0 unspecified atom stereocenters. The van der Waals surface area contributed by atoms with Crippen LogP contribution in [-0.4, -0.2) is 29.2 Å². The third-order valence-corrected chi connectivity index (χ3v) is 4.75. The minimum Gasteiger partial charge on any atom is -0.325 e. The van der Waals surface area contributed by atoms with Crippen LogP contribution in [0.3, 0.4) is 0 Å². The molecule has 2 aromatic carbocycles. The van der Waals surface area contributed by atoms with E-state index >= 15 is 0 Å². The Bertz CT molecular complexity index is 863. The number of nitrogens with one attached hydrogen (secondary N) is 1. The molecular weight excluding hydrogens is 384 g/mol. The number of carbonyl (C=O) groups excluding carboxylic acids is 3. The number of fused-ring (bicyclic) bond motifs is 1.